The lowest BCUT2D eigenvalue weighted by Crippen LogP contribution is -2.31. The van der Waals surface area contributed by atoms with Crippen molar-refractivity contribution in [1.29, 1.82) is 0 Å². The fourth-order valence-corrected chi connectivity index (χ4v) is 2.50. The molecule has 0 aliphatic carbocycles. The summed E-state index contributed by atoms with van der Waals surface area (Å²) in [5.41, 5.74) is 1.01. The highest BCUT2D eigenvalue weighted by atomic mass is 32.2. The van der Waals surface area contributed by atoms with E-state index in [1.807, 2.05) is 6.07 Å². The third-order valence-electron chi connectivity index (χ3n) is 3.03. The first-order valence-corrected chi connectivity index (χ1v) is 7.77. The van der Waals surface area contributed by atoms with Crippen molar-refractivity contribution < 1.29 is 13.6 Å². The molecule has 8 heteroatoms. The molecule has 0 bridgehead atoms. The number of thioether (sulfide) groups is 1. The second-order valence-electron chi connectivity index (χ2n) is 4.77. The lowest BCUT2D eigenvalue weighted by molar-refractivity contribution is -0.129. The van der Waals surface area contributed by atoms with E-state index in [1.54, 1.807) is 42.5 Å². The number of aromatic amines is 1. The summed E-state index contributed by atoms with van der Waals surface area (Å²) < 4.78 is 28.1. The van der Waals surface area contributed by atoms with Gasteiger partial charge in [0.15, 0.2) is 5.82 Å². The molecule has 1 heterocycles. The minimum absolute atomic E-state index is 0.0101. The molecule has 0 radical (unpaired) electrons. The third kappa shape index (κ3) is 3.77. The molecule has 3 rings (SSSR count). The zero-order valence-corrected chi connectivity index (χ0v) is 13.1. The first-order chi connectivity index (χ1) is 11.5. The molecule has 122 valence electrons. The fraction of sp³-hybridized carbons (Fsp3) is 0.0625. The zero-order valence-electron chi connectivity index (χ0n) is 12.2. The van der Waals surface area contributed by atoms with Gasteiger partial charge < -0.3 is 5.32 Å². The number of carbonyl (C=O) groups is 1. The molecule has 2 N–H and O–H groups in total. The van der Waals surface area contributed by atoms with Gasteiger partial charge in [0.1, 0.15) is 0 Å². The number of hydrogen-bond acceptors (Lipinski definition) is 4. The molecule has 3 aromatic rings. The van der Waals surface area contributed by atoms with Gasteiger partial charge in [-0.25, -0.2) is 4.98 Å². The van der Waals surface area contributed by atoms with Crippen LogP contribution in [-0.4, -0.2) is 26.3 Å². The quantitative estimate of drug-likeness (QED) is 0.690. The summed E-state index contributed by atoms with van der Waals surface area (Å²) in [6.45, 7) is 0. The SMILES string of the molecule is O=C(Nc1ccccc1)C(F)(F)Sc1n[nH]c(-c2ccccc2)n1. The van der Waals surface area contributed by atoms with Gasteiger partial charge in [0.05, 0.1) is 0 Å². The van der Waals surface area contributed by atoms with Crippen molar-refractivity contribution in [3.05, 3.63) is 60.7 Å². The maximum Gasteiger partial charge on any atom is 0.378 e. The minimum Gasteiger partial charge on any atom is -0.320 e. The summed E-state index contributed by atoms with van der Waals surface area (Å²) >= 11 is -0.0101. The highest BCUT2D eigenvalue weighted by Crippen LogP contribution is 2.35. The Bertz CT molecular complexity index is 824. The molecule has 2 aromatic carbocycles. The van der Waals surface area contributed by atoms with E-state index in [1.165, 1.54) is 12.1 Å². The van der Waals surface area contributed by atoms with Crippen LogP contribution in [0.2, 0.25) is 0 Å². The Morgan fingerprint density at radius 2 is 1.67 bits per heavy atom. The molecule has 0 aliphatic heterocycles. The molecular formula is C16H12F2N4OS. The largest absolute Gasteiger partial charge is 0.378 e. The van der Waals surface area contributed by atoms with Crippen molar-refractivity contribution in [1.82, 2.24) is 15.2 Å². The Morgan fingerprint density at radius 3 is 2.33 bits per heavy atom. The summed E-state index contributed by atoms with van der Waals surface area (Å²) in [5, 5.41) is 4.58. The minimum atomic E-state index is -3.70. The van der Waals surface area contributed by atoms with Crippen molar-refractivity contribution >= 4 is 23.4 Å². The number of amides is 1. The van der Waals surface area contributed by atoms with Gasteiger partial charge in [-0.15, -0.1) is 5.10 Å². The van der Waals surface area contributed by atoms with Crippen molar-refractivity contribution in [3.63, 3.8) is 0 Å². The fourth-order valence-electron chi connectivity index (χ4n) is 1.90. The third-order valence-corrected chi connectivity index (χ3v) is 3.83. The van der Waals surface area contributed by atoms with Crippen LogP contribution < -0.4 is 5.32 Å². The van der Waals surface area contributed by atoms with Gasteiger partial charge in [0, 0.05) is 23.0 Å². The van der Waals surface area contributed by atoms with Crippen LogP contribution in [-0.2, 0) is 4.79 Å². The Balaban J connectivity index is 1.70. The first-order valence-electron chi connectivity index (χ1n) is 6.96. The average molecular weight is 346 g/mol. The van der Waals surface area contributed by atoms with E-state index in [-0.39, 0.29) is 16.9 Å². The predicted molar refractivity (Wildman–Crippen MR) is 87.7 cm³/mol. The van der Waals surface area contributed by atoms with Crippen LogP contribution in [0.1, 0.15) is 0 Å². The maximum absolute atomic E-state index is 14.1. The highest BCUT2D eigenvalue weighted by Gasteiger charge is 2.41. The van der Waals surface area contributed by atoms with E-state index in [0.29, 0.717) is 17.1 Å². The van der Waals surface area contributed by atoms with E-state index in [4.69, 9.17) is 0 Å². The van der Waals surface area contributed by atoms with Gasteiger partial charge in [0.25, 0.3) is 0 Å². The summed E-state index contributed by atoms with van der Waals surface area (Å²) in [4.78, 5) is 15.8. The highest BCUT2D eigenvalue weighted by molar-refractivity contribution is 8.00. The van der Waals surface area contributed by atoms with Gasteiger partial charge >= 0.3 is 11.2 Å². The van der Waals surface area contributed by atoms with Crippen molar-refractivity contribution in [2.45, 2.75) is 10.4 Å². The Morgan fingerprint density at radius 1 is 1.04 bits per heavy atom. The van der Waals surface area contributed by atoms with E-state index in [0.717, 1.165) is 0 Å². The predicted octanol–water partition coefficient (Wildman–Crippen LogP) is 3.80. The number of nitrogens with one attached hydrogen (secondary N) is 2. The lowest BCUT2D eigenvalue weighted by atomic mass is 10.2. The molecule has 5 nitrogen and oxygen atoms in total. The van der Waals surface area contributed by atoms with Gasteiger partial charge in [-0.2, -0.15) is 8.78 Å². The molecule has 0 saturated carbocycles. The first kappa shape index (κ1) is 16.1. The summed E-state index contributed by atoms with van der Waals surface area (Å²) in [7, 11) is 0. The van der Waals surface area contributed by atoms with Crippen molar-refractivity contribution in [2.75, 3.05) is 5.32 Å². The summed E-state index contributed by atoms with van der Waals surface area (Å²) in [5.74, 6) is -1.07. The van der Waals surface area contributed by atoms with E-state index >= 15 is 0 Å². The molecule has 0 aliphatic rings. The number of halogens is 2. The van der Waals surface area contributed by atoms with Crippen molar-refractivity contribution in [2.24, 2.45) is 0 Å². The van der Waals surface area contributed by atoms with E-state index < -0.39 is 11.2 Å². The number of nitrogens with zero attached hydrogens (tertiary/aromatic N) is 2. The van der Waals surface area contributed by atoms with Crippen molar-refractivity contribution in [3.8, 4) is 11.4 Å². The van der Waals surface area contributed by atoms with Crippen LogP contribution in [0, 0.1) is 0 Å². The van der Waals surface area contributed by atoms with Crippen LogP contribution >= 0.6 is 11.8 Å². The molecule has 0 atom stereocenters. The van der Waals surface area contributed by atoms with Gasteiger partial charge in [-0.05, 0) is 12.1 Å². The number of H-pyrrole nitrogens is 1. The van der Waals surface area contributed by atoms with Gasteiger partial charge in [-0.3, -0.25) is 9.89 Å². The molecule has 1 aromatic heterocycles. The van der Waals surface area contributed by atoms with Crippen LogP contribution in [0.4, 0.5) is 14.5 Å². The average Bonchev–Trinajstić information content (AvgIpc) is 3.04. The number of anilines is 1. The van der Waals surface area contributed by atoms with Gasteiger partial charge in [0.2, 0.25) is 5.16 Å². The zero-order chi connectivity index (χ0) is 17.0. The molecule has 1 amide bonds. The number of aromatic nitrogens is 3. The molecule has 0 fully saturated rings. The second-order valence-corrected chi connectivity index (χ2v) is 5.85. The normalized spacial score (nSPS) is 11.2. The van der Waals surface area contributed by atoms with Crippen LogP contribution in [0.25, 0.3) is 11.4 Å². The number of benzene rings is 2. The van der Waals surface area contributed by atoms with Crippen LogP contribution in [0.15, 0.2) is 65.8 Å². The van der Waals surface area contributed by atoms with Gasteiger partial charge in [-0.1, -0.05) is 48.5 Å². The van der Waals surface area contributed by atoms with E-state index in [9.17, 15) is 13.6 Å². The molecule has 0 saturated heterocycles. The Hall–Kier alpha value is -2.74. The topological polar surface area (TPSA) is 70.7 Å². The lowest BCUT2D eigenvalue weighted by Gasteiger charge is -2.13. The molecule has 0 spiro atoms. The summed E-state index contributed by atoms with van der Waals surface area (Å²) in [6.07, 6.45) is 0. The van der Waals surface area contributed by atoms with Crippen LogP contribution in [0.5, 0.6) is 0 Å². The van der Waals surface area contributed by atoms with E-state index in [2.05, 4.69) is 20.5 Å². The Kier molecular flexibility index (Phi) is 4.57. The number of para-hydroxylation sites is 1. The number of alkyl halides is 2. The number of hydrogen-bond donors (Lipinski definition) is 2. The molecular weight excluding hydrogens is 334 g/mol. The Labute approximate surface area is 140 Å². The number of carbonyl (C=O) groups excluding carboxylic acids is 1. The molecule has 24 heavy (non-hydrogen) atoms. The van der Waals surface area contributed by atoms with Crippen LogP contribution in [0.3, 0.4) is 0 Å². The number of rotatable bonds is 5. The molecule has 0 unspecified atom stereocenters. The standard InChI is InChI=1S/C16H12F2N4OS/c17-16(18,14(23)19-12-9-5-2-6-10-12)24-15-20-13(21-22-15)11-7-3-1-4-8-11/h1-10H,(H,19,23)(H,20,21,22). The maximum atomic E-state index is 14.1. The summed E-state index contributed by atoms with van der Waals surface area (Å²) in [6, 6.07) is 17.0. The second kappa shape index (κ2) is 6.79. The monoisotopic (exact) mass is 346 g/mol. The smallest absolute Gasteiger partial charge is 0.320 e.